The molecular formula is C39H45N3O9S. The molecule has 1 aliphatic carbocycles. The van der Waals surface area contributed by atoms with Gasteiger partial charge in [-0.2, -0.15) is 0 Å². The van der Waals surface area contributed by atoms with Crippen LogP contribution in [0, 0.1) is 10.8 Å². The number of rotatable bonds is 12. The van der Waals surface area contributed by atoms with Gasteiger partial charge in [-0.25, -0.2) is 13.1 Å². The van der Waals surface area contributed by atoms with E-state index in [4.69, 9.17) is 9.84 Å². The van der Waals surface area contributed by atoms with Gasteiger partial charge in [0.1, 0.15) is 6.61 Å². The fraction of sp³-hybridized carbons (Fsp3) is 0.359. The Hall–Kier alpha value is -5.14. The number of aromatic nitrogens is 1. The van der Waals surface area contributed by atoms with Gasteiger partial charge in [-0.3, -0.25) is 24.0 Å². The van der Waals surface area contributed by atoms with Crippen LogP contribution in [0.15, 0.2) is 70.4 Å². The minimum absolute atomic E-state index is 0.0107. The number of hydrogen-bond donors (Lipinski definition) is 3. The number of aryl methyl sites for hydroxylation is 1. The van der Waals surface area contributed by atoms with E-state index < -0.39 is 44.1 Å². The SMILES string of the molecule is CCC(C)(C)C(=O)O.CCC(C)(C)C(=O)OCCNS(=O)(=O)c1ccc(Nc2ccc3c4c2C(=O)c2ccccc2-c4c(C(C)=O)c(=O)n3C)cc1. The maximum atomic E-state index is 13.9. The summed E-state index contributed by atoms with van der Waals surface area (Å²) in [7, 11) is -2.31. The number of Topliss-reactive ketones (excluding diaryl/α,β-unsaturated/α-hetero) is 1. The van der Waals surface area contributed by atoms with Crippen molar-refractivity contribution in [3.8, 4) is 11.1 Å². The third-order valence-corrected chi connectivity index (χ3v) is 11.0. The number of carboxylic acid groups (broad SMARTS) is 1. The monoisotopic (exact) mass is 731 g/mol. The summed E-state index contributed by atoms with van der Waals surface area (Å²) < 4.78 is 34.7. The molecule has 1 aromatic heterocycles. The number of aliphatic carboxylic acids is 1. The first-order valence-electron chi connectivity index (χ1n) is 16.9. The van der Waals surface area contributed by atoms with Gasteiger partial charge in [0, 0.05) is 35.8 Å². The molecule has 0 saturated heterocycles. The summed E-state index contributed by atoms with van der Waals surface area (Å²) in [6.45, 7) is 11.9. The van der Waals surface area contributed by atoms with E-state index in [0.29, 0.717) is 57.4 Å². The molecule has 3 N–H and O–H groups in total. The molecule has 0 atom stereocenters. The number of nitrogens with one attached hydrogen (secondary N) is 2. The molecule has 12 nitrogen and oxygen atoms in total. The summed E-state index contributed by atoms with van der Waals surface area (Å²) in [6.07, 6.45) is 1.28. The normalized spacial score (nSPS) is 12.4. The van der Waals surface area contributed by atoms with Gasteiger partial charge in [0.15, 0.2) is 11.6 Å². The van der Waals surface area contributed by atoms with Crippen LogP contribution in [0.3, 0.4) is 0 Å². The third-order valence-electron chi connectivity index (χ3n) is 9.55. The van der Waals surface area contributed by atoms with Crippen molar-refractivity contribution in [2.45, 2.75) is 66.2 Å². The summed E-state index contributed by atoms with van der Waals surface area (Å²) in [5.41, 5.74) is 1.51. The Labute approximate surface area is 303 Å². The Bertz CT molecular complexity index is 2240. The first-order chi connectivity index (χ1) is 24.3. The molecule has 4 aromatic rings. The van der Waals surface area contributed by atoms with E-state index in [-0.39, 0.29) is 29.4 Å². The summed E-state index contributed by atoms with van der Waals surface area (Å²) in [6, 6.07) is 16.3. The molecule has 3 aromatic carbocycles. The zero-order valence-corrected chi connectivity index (χ0v) is 31.5. The van der Waals surface area contributed by atoms with Crippen LogP contribution >= 0.6 is 0 Å². The Morgan fingerprint density at radius 3 is 1.98 bits per heavy atom. The Morgan fingerprint density at radius 2 is 1.44 bits per heavy atom. The van der Waals surface area contributed by atoms with Crippen LogP contribution < -0.4 is 15.6 Å². The number of carbonyl (C=O) groups excluding carboxylic acids is 3. The largest absolute Gasteiger partial charge is 0.481 e. The number of pyridine rings is 1. The van der Waals surface area contributed by atoms with Gasteiger partial charge in [-0.05, 0) is 89.4 Å². The summed E-state index contributed by atoms with van der Waals surface area (Å²) in [5.74, 6) is -1.78. The van der Waals surface area contributed by atoms with Crippen LogP contribution in [0.25, 0.3) is 22.0 Å². The standard InChI is InChI=1S/C33H33N3O7S.C6H12O2/c1-6-33(3,4)32(40)43-18-17-34-44(41,42)21-13-11-20(12-14-21)35-24-15-16-25-29-27(26(19(2)37)31(39)36(25)5)22-9-7-8-10-23(22)30(38)28(24)29;1-4-6(2,3)5(7)8/h7-16,34-35H,6,17-18H2,1-5H3;4H2,1-3H3,(H,7,8). The lowest BCUT2D eigenvalue weighted by Crippen LogP contribution is -2.31. The van der Waals surface area contributed by atoms with Crippen LogP contribution in [-0.2, 0) is 31.4 Å². The van der Waals surface area contributed by atoms with E-state index in [1.807, 2.05) is 13.8 Å². The molecule has 0 spiro atoms. The topological polar surface area (TPSA) is 178 Å². The minimum Gasteiger partial charge on any atom is -0.481 e. The number of carbonyl (C=O) groups is 4. The number of sulfonamides is 1. The fourth-order valence-corrected chi connectivity index (χ4v) is 6.38. The van der Waals surface area contributed by atoms with E-state index in [1.165, 1.54) is 23.6 Å². The van der Waals surface area contributed by atoms with Crippen molar-refractivity contribution in [3.63, 3.8) is 0 Å². The Balaban J connectivity index is 0.000000677. The molecular weight excluding hydrogens is 687 g/mol. The maximum absolute atomic E-state index is 13.9. The molecule has 1 aliphatic rings. The van der Waals surface area contributed by atoms with Crippen molar-refractivity contribution >= 4 is 55.8 Å². The summed E-state index contributed by atoms with van der Waals surface area (Å²) in [5, 5.41) is 12.2. The molecule has 0 bridgehead atoms. The molecule has 13 heteroatoms. The van der Waals surface area contributed by atoms with E-state index >= 15 is 0 Å². The molecule has 0 fully saturated rings. The van der Waals surface area contributed by atoms with Crippen molar-refractivity contribution < 1.29 is 37.4 Å². The predicted octanol–water partition coefficient (Wildman–Crippen LogP) is 6.46. The van der Waals surface area contributed by atoms with Crippen LogP contribution in [0.5, 0.6) is 0 Å². The molecule has 1 heterocycles. The van der Waals surface area contributed by atoms with Gasteiger partial charge < -0.3 is 19.7 Å². The second-order valence-electron chi connectivity index (χ2n) is 13.9. The highest BCUT2D eigenvalue weighted by Gasteiger charge is 2.33. The number of ether oxygens (including phenoxy) is 1. The smallest absolute Gasteiger partial charge is 0.311 e. The van der Waals surface area contributed by atoms with Crippen LogP contribution in [-0.4, -0.2) is 54.7 Å². The van der Waals surface area contributed by atoms with E-state index in [1.54, 1.807) is 83.3 Å². The minimum atomic E-state index is -3.88. The zero-order chi connectivity index (χ0) is 38.8. The average molecular weight is 732 g/mol. The number of nitrogens with zero attached hydrogens (tertiary/aromatic N) is 1. The number of carboxylic acids is 1. The molecule has 0 radical (unpaired) electrons. The van der Waals surface area contributed by atoms with Gasteiger partial charge in [0.05, 0.1) is 38.1 Å². The van der Waals surface area contributed by atoms with Gasteiger partial charge in [0.2, 0.25) is 10.0 Å². The highest BCUT2D eigenvalue weighted by Crippen LogP contribution is 2.43. The molecule has 0 amide bonds. The highest BCUT2D eigenvalue weighted by atomic mass is 32.2. The molecule has 5 rings (SSSR count). The lowest BCUT2D eigenvalue weighted by molar-refractivity contribution is -0.153. The number of anilines is 2. The highest BCUT2D eigenvalue weighted by molar-refractivity contribution is 7.89. The second kappa shape index (κ2) is 15.2. The van der Waals surface area contributed by atoms with Gasteiger partial charge in [-0.1, -0.05) is 38.1 Å². The lowest BCUT2D eigenvalue weighted by atomic mass is 9.80. The number of fused-ring (bicyclic) bond motifs is 2. The lowest BCUT2D eigenvalue weighted by Gasteiger charge is -2.25. The van der Waals surface area contributed by atoms with E-state index in [9.17, 15) is 32.4 Å². The van der Waals surface area contributed by atoms with Gasteiger partial charge >= 0.3 is 11.9 Å². The number of esters is 1. The predicted molar refractivity (Wildman–Crippen MR) is 200 cm³/mol. The van der Waals surface area contributed by atoms with Gasteiger partial charge in [-0.15, -0.1) is 0 Å². The Morgan fingerprint density at radius 1 is 0.846 bits per heavy atom. The Kier molecular flexibility index (Phi) is 11.6. The van der Waals surface area contributed by atoms with Gasteiger partial charge in [0.25, 0.3) is 5.56 Å². The molecule has 0 unspecified atom stereocenters. The summed E-state index contributed by atoms with van der Waals surface area (Å²) >= 11 is 0. The van der Waals surface area contributed by atoms with Crippen molar-refractivity contribution in [2.24, 2.45) is 17.9 Å². The fourth-order valence-electron chi connectivity index (χ4n) is 5.37. The van der Waals surface area contributed by atoms with Crippen LogP contribution in [0.4, 0.5) is 11.4 Å². The number of benzene rings is 3. The first-order valence-corrected chi connectivity index (χ1v) is 18.4. The summed E-state index contributed by atoms with van der Waals surface area (Å²) in [4.78, 5) is 62.2. The van der Waals surface area contributed by atoms with Crippen LogP contribution in [0.1, 0.15) is 87.6 Å². The molecule has 0 aliphatic heterocycles. The first kappa shape index (κ1) is 39.6. The van der Waals surface area contributed by atoms with Crippen molar-refractivity contribution in [2.75, 3.05) is 18.5 Å². The molecule has 0 saturated carbocycles. The van der Waals surface area contributed by atoms with E-state index in [2.05, 4.69) is 10.0 Å². The van der Waals surface area contributed by atoms with Crippen molar-refractivity contribution in [3.05, 3.63) is 87.7 Å². The van der Waals surface area contributed by atoms with Crippen LogP contribution in [0.2, 0.25) is 0 Å². The van der Waals surface area contributed by atoms with E-state index in [0.717, 1.165) is 0 Å². The number of hydrogen-bond acceptors (Lipinski definition) is 9. The molecule has 276 valence electrons. The third kappa shape index (κ3) is 7.85. The zero-order valence-electron chi connectivity index (χ0n) is 30.7. The second-order valence-corrected chi connectivity index (χ2v) is 15.7. The van der Waals surface area contributed by atoms with Crippen molar-refractivity contribution in [1.29, 1.82) is 0 Å². The average Bonchev–Trinajstić information content (AvgIpc) is 3.11. The maximum Gasteiger partial charge on any atom is 0.311 e. The quantitative estimate of drug-likeness (QED) is 0.0733. The molecule has 52 heavy (non-hydrogen) atoms. The van der Waals surface area contributed by atoms with Crippen molar-refractivity contribution in [1.82, 2.24) is 9.29 Å². The number of ketones is 2.